The maximum absolute atomic E-state index is 12.8. The highest BCUT2D eigenvalue weighted by molar-refractivity contribution is 5.87. The monoisotopic (exact) mass is 500 g/mol. The molecule has 2 saturated heterocycles. The lowest BCUT2D eigenvalue weighted by atomic mass is 9.68. The highest BCUT2D eigenvalue weighted by atomic mass is 16.6. The van der Waals surface area contributed by atoms with Gasteiger partial charge in [-0.15, -0.1) is 0 Å². The van der Waals surface area contributed by atoms with Crippen LogP contribution in [0, 0.1) is 5.92 Å². The number of rotatable bonds is 10. The fraction of sp³-hybridized carbons (Fsp3) is 0.621. The van der Waals surface area contributed by atoms with Crippen LogP contribution in [-0.4, -0.2) is 62.4 Å². The number of methoxy groups -OCH3 is 2. The van der Waals surface area contributed by atoms with Crippen LogP contribution in [-0.2, 0) is 23.7 Å². The van der Waals surface area contributed by atoms with Crippen molar-refractivity contribution in [1.29, 1.82) is 0 Å². The van der Waals surface area contributed by atoms with Crippen LogP contribution in [0.2, 0.25) is 0 Å². The zero-order chi connectivity index (χ0) is 26.1. The molecule has 0 radical (unpaired) electrons. The van der Waals surface area contributed by atoms with Gasteiger partial charge in [0.15, 0.2) is 11.5 Å². The predicted molar refractivity (Wildman–Crippen MR) is 137 cm³/mol. The van der Waals surface area contributed by atoms with Crippen molar-refractivity contribution in [2.24, 2.45) is 5.92 Å². The molecule has 1 aromatic carbocycles. The van der Waals surface area contributed by atoms with Gasteiger partial charge in [0.2, 0.25) is 0 Å². The van der Waals surface area contributed by atoms with Crippen LogP contribution in [0.4, 0.5) is 0 Å². The SMILES string of the molecule is COc1cc(/C=C/C(=O)OC2CC[C@]3(CO3)[C@@H](C3(C)O[C@H]3CC=C(C)C)[C@@H]2OC)ccc1OC(C)C. The second-order valence-corrected chi connectivity index (χ2v) is 10.8. The Labute approximate surface area is 214 Å². The molecule has 2 aliphatic heterocycles. The molecule has 2 unspecified atom stereocenters. The van der Waals surface area contributed by atoms with Gasteiger partial charge in [0.25, 0.3) is 0 Å². The molecular formula is C29H40O7. The zero-order valence-corrected chi connectivity index (χ0v) is 22.5. The van der Waals surface area contributed by atoms with E-state index in [0.29, 0.717) is 24.5 Å². The Morgan fingerprint density at radius 2 is 1.97 bits per heavy atom. The minimum absolute atomic E-state index is 0.00106. The lowest BCUT2D eigenvalue weighted by Crippen LogP contribution is -2.55. The Hall–Kier alpha value is -2.35. The summed E-state index contributed by atoms with van der Waals surface area (Å²) in [5.41, 5.74) is 1.48. The second-order valence-electron chi connectivity index (χ2n) is 10.8. The van der Waals surface area contributed by atoms with E-state index in [1.807, 2.05) is 32.0 Å². The molecule has 0 aromatic heterocycles. The van der Waals surface area contributed by atoms with Gasteiger partial charge in [0.05, 0.1) is 31.8 Å². The molecule has 3 fully saturated rings. The first-order chi connectivity index (χ1) is 17.1. The number of hydrogen-bond donors (Lipinski definition) is 0. The minimum atomic E-state index is -0.405. The van der Waals surface area contributed by atoms with Crippen molar-refractivity contribution in [3.8, 4) is 11.5 Å². The Kier molecular flexibility index (Phi) is 7.83. The fourth-order valence-electron chi connectivity index (χ4n) is 5.56. The number of allylic oxidation sites excluding steroid dienone is 1. The third-order valence-corrected chi connectivity index (χ3v) is 7.47. The van der Waals surface area contributed by atoms with Crippen LogP contribution in [0.1, 0.15) is 59.4 Å². The second kappa shape index (κ2) is 10.6. The fourth-order valence-corrected chi connectivity index (χ4v) is 5.56. The van der Waals surface area contributed by atoms with Gasteiger partial charge in [-0.3, -0.25) is 0 Å². The average molecular weight is 501 g/mol. The van der Waals surface area contributed by atoms with Gasteiger partial charge in [-0.2, -0.15) is 0 Å². The summed E-state index contributed by atoms with van der Waals surface area (Å²) in [6, 6.07) is 5.56. The number of carbonyl (C=O) groups excluding carboxylic acids is 1. The molecule has 4 rings (SSSR count). The van der Waals surface area contributed by atoms with Crippen molar-refractivity contribution in [2.45, 2.75) is 89.5 Å². The van der Waals surface area contributed by atoms with E-state index in [1.165, 1.54) is 11.6 Å². The molecule has 1 aromatic rings. The highest BCUT2D eigenvalue weighted by Crippen LogP contribution is 2.59. The van der Waals surface area contributed by atoms with Crippen LogP contribution >= 0.6 is 0 Å². The molecular weight excluding hydrogens is 460 g/mol. The molecule has 2 heterocycles. The van der Waals surface area contributed by atoms with Crippen LogP contribution in [0.15, 0.2) is 35.9 Å². The Bertz CT molecular complexity index is 1000. The van der Waals surface area contributed by atoms with Gasteiger partial charge in [-0.05, 0) is 77.7 Å². The summed E-state index contributed by atoms with van der Waals surface area (Å²) in [7, 11) is 3.28. The van der Waals surface area contributed by atoms with Gasteiger partial charge in [0, 0.05) is 13.2 Å². The summed E-state index contributed by atoms with van der Waals surface area (Å²) >= 11 is 0. The van der Waals surface area contributed by atoms with Crippen molar-refractivity contribution in [2.75, 3.05) is 20.8 Å². The third-order valence-electron chi connectivity index (χ3n) is 7.47. The molecule has 198 valence electrons. The molecule has 0 N–H and O–H groups in total. The van der Waals surface area contributed by atoms with Crippen molar-refractivity contribution in [1.82, 2.24) is 0 Å². The van der Waals surface area contributed by atoms with E-state index in [2.05, 4.69) is 26.8 Å². The lowest BCUT2D eigenvalue weighted by Gasteiger charge is -2.42. The van der Waals surface area contributed by atoms with Gasteiger partial charge in [-0.25, -0.2) is 4.79 Å². The van der Waals surface area contributed by atoms with Crippen LogP contribution in [0.3, 0.4) is 0 Å². The van der Waals surface area contributed by atoms with Crippen molar-refractivity contribution in [3.63, 3.8) is 0 Å². The first-order valence-corrected chi connectivity index (χ1v) is 12.8. The van der Waals surface area contributed by atoms with E-state index in [0.717, 1.165) is 18.4 Å². The lowest BCUT2D eigenvalue weighted by molar-refractivity contribution is -0.166. The molecule has 36 heavy (non-hydrogen) atoms. The molecule has 3 aliphatic rings. The van der Waals surface area contributed by atoms with E-state index < -0.39 is 5.97 Å². The minimum Gasteiger partial charge on any atom is -0.493 e. The molecule has 1 spiro atoms. The van der Waals surface area contributed by atoms with E-state index in [4.69, 9.17) is 28.4 Å². The summed E-state index contributed by atoms with van der Waals surface area (Å²) < 4.78 is 35.3. The highest BCUT2D eigenvalue weighted by Gasteiger charge is 2.72. The standard InChI is InChI=1S/C29H40O7/c1-18(2)8-12-24-28(5,36-24)27-26(32-7)22(14-15-29(27)17-33-29)35-25(30)13-10-20-9-11-21(34-19(3)4)23(16-20)31-6/h8-11,13,16,19,22,24,26-27H,12,14-15,17H2,1-7H3/b13-10+/t22?,24-,26+,27+,28?,29-/m0/s1. The number of benzene rings is 1. The van der Waals surface area contributed by atoms with Crippen LogP contribution in [0.25, 0.3) is 6.08 Å². The molecule has 0 amide bonds. The molecule has 1 saturated carbocycles. The summed E-state index contributed by atoms with van der Waals surface area (Å²) in [6.07, 6.45) is 7.24. The van der Waals surface area contributed by atoms with Crippen LogP contribution < -0.4 is 9.47 Å². The van der Waals surface area contributed by atoms with E-state index in [9.17, 15) is 4.79 Å². The average Bonchev–Trinajstić information content (AvgIpc) is 3.74. The van der Waals surface area contributed by atoms with E-state index in [1.54, 1.807) is 20.3 Å². The number of carbonyl (C=O) groups is 1. The first-order valence-electron chi connectivity index (χ1n) is 12.8. The number of hydrogen-bond acceptors (Lipinski definition) is 7. The van der Waals surface area contributed by atoms with Gasteiger partial charge in [-0.1, -0.05) is 17.7 Å². The molecule has 6 atom stereocenters. The summed E-state index contributed by atoms with van der Waals surface area (Å²) in [6.45, 7) is 10.9. The number of ether oxygens (including phenoxy) is 6. The largest absolute Gasteiger partial charge is 0.493 e. The van der Waals surface area contributed by atoms with Gasteiger partial charge < -0.3 is 28.4 Å². The van der Waals surface area contributed by atoms with Gasteiger partial charge >= 0.3 is 5.97 Å². The van der Waals surface area contributed by atoms with E-state index in [-0.39, 0.29) is 41.5 Å². The Balaban J connectivity index is 1.43. The maximum Gasteiger partial charge on any atom is 0.331 e. The van der Waals surface area contributed by atoms with Crippen molar-refractivity contribution in [3.05, 3.63) is 41.5 Å². The molecule has 1 aliphatic carbocycles. The molecule has 7 heteroatoms. The predicted octanol–water partition coefficient (Wildman–Crippen LogP) is 5.12. The molecule has 7 nitrogen and oxygen atoms in total. The summed E-state index contributed by atoms with van der Waals surface area (Å²) in [5, 5.41) is 0. The molecule has 0 bridgehead atoms. The van der Waals surface area contributed by atoms with Gasteiger partial charge in [0.1, 0.15) is 23.4 Å². The smallest absolute Gasteiger partial charge is 0.331 e. The van der Waals surface area contributed by atoms with E-state index >= 15 is 0 Å². The summed E-state index contributed by atoms with van der Waals surface area (Å²) in [5.74, 6) is 0.874. The first kappa shape index (κ1) is 26.7. The normalized spacial score (nSPS) is 33.0. The zero-order valence-electron chi connectivity index (χ0n) is 22.5. The Morgan fingerprint density at radius 3 is 2.58 bits per heavy atom. The third kappa shape index (κ3) is 5.63. The number of epoxide rings is 2. The van der Waals surface area contributed by atoms with Crippen molar-refractivity contribution < 1.29 is 33.2 Å². The number of esters is 1. The Morgan fingerprint density at radius 1 is 1.22 bits per heavy atom. The topological polar surface area (TPSA) is 79.1 Å². The maximum atomic E-state index is 12.8. The quantitative estimate of drug-likeness (QED) is 0.191. The van der Waals surface area contributed by atoms with Crippen LogP contribution in [0.5, 0.6) is 11.5 Å². The van der Waals surface area contributed by atoms with Crippen molar-refractivity contribution >= 4 is 12.0 Å². The summed E-state index contributed by atoms with van der Waals surface area (Å²) in [4.78, 5) is 12.8.